The van der Waals surface area contributed by atoms with E-state index in [9.17, 15) is 44.3 Å². The van der Waals surface area contributed by atoms with Crippen molar-refractivity contribution in [3.63, 3.8) is 0 Å². The molecule has 0 amide bonds. The largest absolute Gasteiger partial charge is 0.478 e. The van der Waals surface area contributed by atoms with Crippen LogP contribution in [0.4, 0.5) is 39.5 Å². The van der Waals surface area contributed by atoms with Crippen LogP contribution in [0.2, 0.25) is 0 Å². The van der Waals surface area contributed by atoms with Crippen LogP contribution in [0.1, 0.15) is 27.4 Å². The van der Waals surface area contributed by atoms with Crippen molar-refractivity contribution < 1.29 is 49.4 Å². The van der Waals surface area contributed by atoms with Gasteiger partial charge in [-0.05, 0) is 23.8 Å². The first-order valence-corrected chi connectivity index (χ1v) is 5.23. The Morgan fingerprint density at radius 3 is 1.64 bits per heavy atom. The van der Waals surface area contributed by atoms with E-state index in [1.807, 2.05) is 0 Å². The van der Waals surface area contributed by atoms with Crippen LogP contribution in [0.5, 0.6) is 0 Å². The van der Waals surface area contributed by atoms with E-state index in [4.69, 9.17) is 5.11 Å². The lowest BCUT2D eigenvalue weighted by Crippen LogP contribution is -2.34. The standard InChI is InChI=1S/C11H5F9O2/c12-9(13,14)6-2-4(1-5(3-6)8(21)22)7(10(15,16)17)11(18,19)20/h1-3,7H,(H,21,22). The van der Waals surface area contributed by atoms with Crippen molar-refractivity contribution in [2.75, 3.05) is 0 Å². The maximum Gasteiger partial charge on any atom is 0.416 e. The zero-order chi connectivity index (χ0) is 17.5. The summed E-state index contributed by atoms with van der Waals surface area (Å²) in [6.07, 6.45) is -17.2. The Hall–Kier alpha value is -1.94. The summed E-state index contributed by atoms with van der Waals surface area (Å²) >= 11 is 0. The van der Waals surface area contributed by atoms with E-state index in [1.54, 1.807) is 0 Å². The third-order valence-corrected chi connectivity index (χ3v) is 2.52. The zero-order valence-electron chi connectivity index (χ0n) is 10.1. The van der Waals surface area contributed by atoms with Crippen molar-refractivity contribution in [3.05, 3.63) is 34.9 Å². The molecular formula is C11H5F9O2. The van der Waals surface area contributed by atoms with Crippen molar-refractivity contribution in [1.82, 2.24) is 0 Å². The molecule has 0 aliphatic heterocycles. The van der Waals surface area contributed by atoms with Gasteiger partial charge >= 0.3 is 24.5 Å². The van der Waals surface area contributed by atoms with Crippen LogP contribution in [0, 0.1) is 0 Å². The molecule has 1 N–H and O–H groups in total. The van der Waals surface area contributed by atoms with Crippen molar-refractivity contribution in [2.24, 2.45) is 0 Å². The van der Waals surface area contributed by atoms with Gasteiger partial charge in [0.2, 0.25) is 0 Å². The smallest absolute Gasteiger partial charge is 0.416 e. The van der Waals surface area contributed by atoms with Crippen molar-refractivity contribution in [3.8, 4) is 0 Å². The summed E-state index contributed by atoms with van der Waals surface area (Å²) in [5.74, 6) is -6.31. The maximum atomic E-state index is 12.5. The van der Waals surface area contributed by atoms with Crippen LogP contribution in [0.15, 0.2) is 18.2 Å². The van der Waals surface area contributed by atoms with Gasteiger partial charge in [0.05, 0.1) is 11.1 Å². The highest BCUT2D eigenvalue weighted by Crippen LogP contribution is 2.47. The molecule has 0 atom stereocenters. The average molecular weight is 340 g/mol. The number of hydrogen-bond acceptors (Lipinski definition) is 1. The number of alkyl halides is 9. The molecule has 0 aromatic heterocycles. The lowest BCUT2D eigenvalue weighted by molar-refractivity contribution is -0.253. The Kier molecular flexibility index (Phi) is 4.41. The number of halogens is 9. The third-order valence-electron chi connectivity index (χ3n) is 2.52. The van der Waals surface area contributed by atoms with Crippen LogP contribution in [-0.4, -0.2) is 23.4 Å². The first kappa shape index (κ1) is 18.1. The number of rotatable bonds is 2. The molecule has 2 nitrogen and oxygen atoms in total. The fourth-order valence-electron chi connectivity index (χ4n) is 1.67. The SMILES string of the molecule is O=C(O)c1cc(C(C(F)(F)F)C(F)(F)F)cc(C(F)(F)F)c1. The molecule has 0 saturated heterocycles. The van der Waals surface area contributed by atoms with Crippen LogP contribution >= 0.6 is 0 Å². The second kappa shape index (κ2) is 5.36. The van der Waals surface area contributed by atoms with Crippen LogP contribution in [0.3, 0.4) is 0 Å². The molecule has 22 heavy (non-hydrogen) atoms. The van der Waals surface area contributed by atoms with E-state index in [1.165, 1.54) is 0 Å². The summed E-state index contributed by atoms with van der Waals surface area (Å²) in [6.45, 7) is 0. The van der Waals surface area contributed by atoms with Gasteiger partial charge in [0.1, 0.15) is 0 Å². The maximum absolute atomic E-state index is 12.5. The summed E-state index contributed by atoms with van der Waals surface area (Å²) in [5, 5.41) is 8.56. The van der Waals surface area contributed by atoms with Crippen molar-refractivity contribution in [1.29, 1.82) is 0 Å². The highest BCUT2D eigenvalue weighted by atomic mass is 19.4. The Morgan fingerprint density at radius 2 is 1.32 bits per heavy atom. The van der Waals surface area contributed by atoms with E-state index >= 15 is 0 Å². The lowest BCUT2D eigenvalue weighted by atomic mass is 9.93. The monoisotopic (exact) mass is 340 g/mol. The number of aromatic carboxylic acids is 1. The minimum Gasteiger partial charge on any atom is -0.478 e. The van der Waals surface area contributed by atoms with Gasteiger partial charge in [-0.15, -0.1) is 0 Å². The van der Waals surface area contributed by atoms with E-state index in [0.717, 1.165) is 0 Å². The number of benzene rings is 1. The van der Waals surface area contributed by atoms with Crippen LogP contribution in [-0.2, 0) is 6.18 Å². The predicted octanol–water partition coefficient (Wildman–Crippen LogP) is 4.61. The fourth-order valence-corrected chi connectivity index (χ4v) is 1.67. The second-order valence-corrected chi connectivity index (χ2v) is 4.16. The topological polar surface area (TPSA) is 37.3 Å². The second-order valence-electron chi connectivity index (χ2n) is 4.16. The van der Waals surface area contributed by atoms with Gasteiger partial charge in [-0.1, -0.05) is 0 Å². The van der Waals surface area contributed by atoms with Crippen molar-refractivity contribution in [2.45, 2.75) is 24.4 Å². The molecule has 0 aliphatic carbocycles. The molecule has 0 heterocycles. The van der Waals surface area contributed by atoms with Gasteiger partial charge in [-0.3, -0.25) is 0 Å². The zero-order valence-corrected chi connectivity index (χ0v) is 10.1. The summed E-state index contributed by atoms with van der Waals surface area (Å²) in [7, 11) is 0. The molecule has 0 spiro atoms. The number of carboxylic acid groups (broad SMARTS) is 1. The van der Waals surface area contributed by atoms with E-state index in [-0.39, 0.29) is 18.2 Å². The van der Waals surface area contributed by atoms with Gasteiger partial charge < -0.3 is 5.11 Å². The molecule has 1 aromatic rings. The molecule has 1 rings (SSSR count). The Labute approximate surface area is 116 Å². The first-order valence-electron chi connectivity index (χ1n) is 5.23. The highest BCUT2D eigenvalue weighted by molar-refractivity contribution is 5.88. The average Bonchev–Trinajstić information content (AvgIpc) is 2.22. The minimum atomic E-state index is -5.93. The third kappa shape index (κ3) is 4.04. The molecule has 0 fully saturated rings. The number of carbonyl (C=O) groups is 1. The quantitative estimate of drug-likeness (QED) is 0.798. The van der Waals surface area contributed by atoms with Gasteiger partial charge in [-0.25, -0.2) is 4.79 Å². The molecule has 0 saturated carbocycles. The fraction of sp³-hybridized carbons (Fsp3) is 0.364. The predicted molar refractivity (Wildman–Crippen MR) is 53.3 cm³/mol. The summed E-state index contributed by atoms with van der Waals surface area (Å²) in [5.41, 5.74) is -5.09. The summed E-state index contributed by atoms with van der Waals surface area (Å²) in [4.78, 5) is 10.6. The van der Waals surface area contributed by atoms with E-state index in [2.05, 4.69) is 0 Å². The van der Waals surface area contributed by atoms with Gasteiger partial charge in [-0.2, -0.15) is 39.5 Å². The van der Waals surface area contributed by atoms with E-state index < -0.39 is 47.1 Å². The number of hydrogen-bond donors (Lipinski definition) is 1. The van der Waals surface area contributed by atoms with Crippen molar-refractivity contribution >= 4 is 5.97 Å². The van der Waals surface area contributed by atoms with Crippen LogP contribution in [0.25, 0.3) is 0 Å². The van der Waals surface area contributed by atoms with Gasteiger partial charge in [0.15, 0.2) is 5.92 Å². The lowest BCUT2D eigenvalue weighted by Gasteiger charge is -2.24. The summed E-state index contributed by atoms with van der Waals surface area (Å²) in [6, 6.07) is -0.489. The highest BCUT2D eigenvalue weighted by Gasteiger charge is 2.57. The minimum absolute atomic E-state index is 0.0460. The number of carboxylic acids is 1. The molecule has 0 bridgehead atoms. The molecule has 1 aromatic carbocycles. The Morgan fingerprint density at radius 1 is 0.864 bits per heavy atom. The first-order chi connectivity index (χ1) is 9.64. The normalized spacial score (nSPS) is 13.5. The van der Waals surface area contributed by atoms with Gasteiger partial charge in [0.25, 0.3) is 0 Å². The summed E-state index contributed by atoms with van der Waals surface area (Å²) < 4.78 is 113. The van der Waals surface area contributed by atoms with Gasteiger partial charge in [0, 0.05) is 0 Å². The molecule has 11 heteroatoms. The van der Waals surface area contributed by atoms with Crippen LogP contribution < -0.4 is 0 Å². The Bertz CT molecular complexity index is 554. The molecule has 0 aliphatic rings. The molecule has 0 radical (unpaired) electrons. The van der Waals surface area contributed by atoms with E-state index in [0.29, 0.717) is 0 Å². The molecule has 124 valence electrons. The molecular weight excluding hydrogens is 335 g/mol. The Balaban J connectivity index is 3.63. The molecule has 0 unspecified atom stereocenters.